The van der Waals surface area contributed by atoms with Crippen LogP contribution < -0.4 is 5.32 Å². The Morgan fingerprint density at radius 3 is 2.64 bits per heavy atom. The number of nitrogens with one attached hydrogen (secondary N) is 1. The van der Waals surface area contributed by atoms with Gasteiger partial charge in [0.1, 0.15) is 5.82 Å². The summed E-state index contributed by atoms with van der Waals surface area (Å²) in [6.07, 6.45) is 4.41. The number of rotatable bonds is 6. The van der Waals surface area contributed by atoms with E-state index in [1.807, 2.05) is 45.3 Å². The van der Waals surface area contributed by atoms with Crippen LogP contribution in [0.3, 0.4) is 0 Å². The number of aryl methyl sites for hydroxylation is 3. The smallest absolute Gasteiger partial charge is 0.254 e. The summed E-state index contributed by atoms with van der Waals surface area (Å²) >= 11 is 0. The Labute approximate surface area is 147 Å². The summed E-state index contributed by atoms with van der Waals surface area (Å²) in [6, 6.07) is 10.3. The summed E-state index contributed by atoms with van der Waals surface area (Å²) in [5.74, 6) is 0.920. The number of carbonyl (C=O) groups excluding carboxylic acids is 1. The van der Waals surface area contributed by atoms with Crippen LogP contribution in [0.25, 0.3) is 0 Å². The van der Waals surface area contributed by atoms with Gasteiger partial charge in [-0.2, -0.15) is 5.10 Å². The van der Waals surface area contributed by atoms with Crippen molar-refractivity contribution >= 4 is 5.91 Å². The number of carbonyl (C=O) groups is 1. The lowest BCUT2D eigenvalue weighted by atomic mass is 10.1. The zero-order valence-electron chi connectivity index (χ0n) is 14.9. The molecule has 0 saturated carbocycles. The third-order valence-electron chi connectivity index (χ3n) is 4.22. The Hall–Kier alpha value is -2.89. The van der Waals surface area contributed by atoms with Crippen LogP contribution >= 0.6 is 0 Å². The lowest BCUT2D eigenvalue weighted by Crippen LogP contribution is -2.28. The number of nitrogens with zero attached hydrogens (tertiary/aromatic N) is 4. The van der Waals surface area contributed by atoms with E-state index in [0.29, 0.717) is 18.7 Å². The van der Waals surface area contributed by atoms with Crippen molar-refractivity contribution in [3.05, 3.63) is 71.1 Å². The minimum atomic E-state index is -0.0898. The van der Waals surface area contributed by atoms with Gasteiger partial charge in [0.2, 0.25) is 0 Å². The van der Waals surface area contributed by atoms with Gasteiger partial charge in [-0.3, -0.25) is 9.48 Å². The molecule has 0 atom stereocenters. The fourth-order valence-electron chi connectivity index (χ4n) is 2.93. The Bertz CT molecular complexity index is 863. The van der Waals surface area contributed by atoms with Gasteiger partial charge in [0.05, 0.1) is 11.3 Å². The molecular weight excluding hydrogens is 314 g/mol. The van der Waals surface area contributed by atoms with Crippen LogP contribution in [0.5, 0.6) is 0 Å². The van der Waals surface area contributed by atoms with E-state index in [4.69, 9.17) is 0 Å². The summed E-state index contributed by atoms with van der Waals surface area (Å²) in [5, 5.41) is 7.17. The normalized spacial score (nSPS) is 10.8. The molecular formula is C19H23N5O. The van der Waals surface area contributed by atoms with E-state index in [0.717, 1.165) is 23.6 Å². The van der Waals surface area contributed by atoms with Crippen molar-refractivity contribution in [1.29, 1.82) is 0 Å². The van der Waals surface area contributed by atoms with Crippen LogP contribution in [0, 0.1) is 13.8 Å². The molecule has 6 heteroatoms. The van der Waals surface area contributed by atoms with E-state index in [-0.39, 0.29) is 5.91 Å². The van der Waals surface area contributed by atoms with Crippen LogP contribution in [0.1, 0.15) is 33.1 Å². The van der Waals surface area contributed by atoms with E-state index in [2.05, 4.69) is 32.1 Å². The number of imidazole rings is 1. The van der Waals surface area contributed by atoms with Gasteiger partial charge >= 0.3 is 0 Å². The van der Waals surface area contributed by atoms with Crippen molar-refractivity contribution in [2.45, 2.75) is 26.8 Å². The van der Waals surface area contributed by atoms with Crippen molar-refractivity contribution in [2.75, 3.05) is 6.54 Å². The highest BCUT2D eigenvalue weighted by atomic mass is 16.1. The molecule has 0 unspecified atom stereocenters. The van der Waals surface area contributed by atoms with E-state index >= 15 is 0 Å². The number of hydrogen-bond donors (Lipinski definition) is 1. The Kier molecular flexibility index (Phi) is 4.97. The summed E-state index contributed by atoms with van der Waals surface area (Å²) in [7, 11) is 1.81. The average molecular weight is 337 g/mol. The number of aromatic nitrogens is 4. The molecule has 130 valence electrons. The third-order valence-corrected chi connectivity index (χ3v) is 4.22. The van der Waals surface area contributed by atoms with Gasteiger partial charge in [-0.25, -0.2) is 4.98 Å². The molecule has 25 heavy (non-hydrogen) atoms. The minimum absolute atomic E-state index is 0.0898. The highest BCUT2D eigenvalue weighted by Crippen LogP contribution is 2.11. The van der Waals surface area contributed by atoms with Gasteiger partial charge < -0.3 is 9.88 Å². The molecule has 1 aromatic carbocycles. The third kappa shape index (κ3) is 3.96. The monoisotopic (exact) mass is 337 g/mol. The molecule has 0 radical (unpaired) electrons. The van der Waals surface area contributed by atoms with Gasteiger partial charge in [-0.05, 0) is 19.4 Å². The second kappa shape index (κ2) is 7.34. The SMILES string of the molecule is Cc1nn(C)cc1C(=O)NCCn1c(C)cnc1Cc1ccccc1. The molecule has 0 saturated heterocycles. The first kappa shape index (κ1) is 17.0. The first-order chi connectivity index (χ1) is 12.0. The Morgan fingerprint density at radius 1 is 1.20 bits per heavy atom. The van der Waals surface area contributed by atoms with Gasteiger partial charge in [-0.1, -0.05) is 30.3 Å². The van der Waals surface area contributed by atoms with Crippen molar-refractivity contribution in [3.63, 3.8) is 0 Å². The second-order valence-corrected chi connectivity index (χ2v) is 6.19. The highest BCUT2D eigenvalue weighted by Gasteiger charge is 2.13. The number of benzene rings is 1. The molecule has 6 nitrogen and oxygen atoms in total. The van der Waals surface area contributed by atoms with E-state index in [9.17, 15) is 4.79 Å². The number of amides is 1. The fourth-order valence-corrected chi connectivity index (χ4v) is 2.93. The minimum Gasteiger partial charge on any atom is -0.350 e. The predicted octanol–water partition coefficient (Wildman–Crippen LogP) is 2.25. The summed E-state index contributed by atoms with van der Waals surface area (Å²) in [4.78, 5) is 16.8. The van der Waals surface area contributed by atoms with Crippen molar-refractivity contribution in [3.8, 4) is 0 Å². The molecule has 0 aliphatic carbocycles. The molecule has 3 rings (SSSR count). The Balaban J connectivity index is 1.62. The zero-order chi connectivity index (χ0) is 17.8. The van der Waals surface area contributed by atoms with Gasteiger partial charge in [0, 0.05) is 44.6 Å². The van der Waals surface area contributed by atoms with Crippen LogP contribution in [0.4, 0.5) is 0 Å². The maximum atomic E-state index is 12.3. The highest BCUT2D eigenvalue weighted by molar-refractivity contribution is 5.94. The summed E-state index contributed by atoms with van der Waals surface area (Å²) in [5.41, 5.74) is 3.68. The van der Waals surface area contributed by atoms with Crippen molar-refractivity contribution in [2.24, 2.45) is 7.05 Å². The largest absolute Gasteiger partial charge is 0.350 e. The molecule has 0 spiro atoms. The van der Waals surface area contributed by atoms with Crippen molar-refractivity contribution in [1.82, 2.24) is 24.6 Å². The van der Waals surface area contributed by atoms with Crippen LogP contribution in [-0.4, -0.2) is 31.8 Å². The van der Waals surface area contributed by atoms with E-state index in [1.54, 1.807) is 10.9 Å². The number of hydrogen-bond acceptors (Lipinski definition) is 3. The molecule has 2 heterocycles. The van der Waals surface area contributed by atoms with Gasteiger partial charge in [0.15, 0.2) is 0 Å². The molecule has 0 aliphatic rings. The zero-order valence-corrected chi connectivity index (χ0v) is 14.9. The van der Waals surface area contributed by atoms with Gasteiger partial charge in [0.25, 0.3) is 5.91 Å². The van der Waals surface area contributed by atoms with E-state index in [1.165, 1.54) is 5.56 Å². The summed E-state index contributed by atoms with van der Waals surface area (Å²) < 4.78 is 3.81. The molecule has 1 N–H and O–H groups in total. The fraction of sp³-hybridized carbons (Fsp3) is 0.316. The van der Waals surface area contributed by atoms with Crippen LogP contribution in [0.2, 0.25) is 0 Å². The Morgan fingerprint density at radius 2 is 1.96 bits per heavy atom. The van der Waals surface area contributed by atoms with Gasteiger partial charge in [-0.15, -0.1) is 0 Å². The molecule has 2 aromatic heterocycles. The average Bonchev–Trinajstić information content (AvgIpc) is 3.11. The molecule has 1 amide bonds. The summed E-state index contributed by atoms with van der Waals surface area (Å²) in [6.45, 7) is 5.12. The topological polar surface area (TPSA) is 64.7 Å². The van der Waals surface area contributed by atoms with E-state index < -0.39 is 0 Å². The quantitative estimate of drug-likeness (QED) is 0.750. The molecule has 0 bridgehead atoms. The van der Waals surface area contributed by atoms with Crippen molar-refractivity contribution < 1.29 is 4.79 Å². The van der Waals surface area contributed by atoms with Crippen LogP contribution in [0.15, 0.2) is 42.7 Å². The molecule has 0 fully saturated rings. The maximum Gasteiger partial charge on any atom is 0.254 e. The maximum absolute atomic E-state index is 12.3. The predicted molar refractivity (Wildman–Crippen MR) is 96.5 cm³/mol. The first-order valence-electron chi connectivity index (χ1n) is 8.38. The standard InChI is InChI=1S/C19H23N5O/c1-14-12-21-18(11-16-7-5-4-6-8-16)24(14)10-9-20-19(25)17-13-23(3)22-15(17)2/h4-8,12-13H,9-11H2,1-3H3,(H,20,25). The second-order valence-electron chi connectivity index (χ2n) is 6.19. The lowest BCUT2D eigenvalue weighted by Gasteiger charge is -2.11. The lowest BCUT2D eigenvalue weighted by molar-refractivity contribution is 0.0951. The van der Waals surface area contributed by atoms with Crippen LogP contribution in [-0.2, 0) is 20.0 Å². The molecule has 0 aliphatic heterocycles. The molecule has 3 aromatic rings. The first-order valence-corrected chi connectivity index (χ1v) is 8.38.